The van der Waals surface area contributed by atoms with Crippen molar-refractivity contribution >= 4 is 49.7 Å². The minimum atomic E-state index is -0.507. The molecule has 0 saturated carbocycles. The first-order valence-electron chi connectivity index (χ1n) is 14.5. The Morgan fingerprint density at radius 2 is 1.24 bits per heavy atom. The number of benzene rings is 5. The second kappa shape index (κ2) is 9.55. The second-order valence-corrected chi connectivity index (χ2v) is 10.8. The first-order chi connectivity index (χ1) is 22.2. The summed E-state index contributed by atoms with van der Waals surface area (Å²) in [7, 11) is 0. The molecule has 0 N–H and O–H groups in total. The summed E-state index contributed by atoms with van der Waals surface area (Å²) in [6, 6.07) is 40.0. The minimum absolute atomic E-state index is 0.00854. The molecule has 9 rings (SSSR count). The maximum atomic E-state index is 14.4. The van der Waals surface area contributed by atoms with Crippen molar-refractivity contribution in [3.05, 3.63) is 148 Å². The molecular formula is C37H21N5O3. The summed E-state index contributed by atoms with van der Waals surface area (Å²) in [6.07, 6.45) is 0. The predicted molar refractivity (Wildman–Crippen MR) is 176 cm³/mol. The molecule has 0 unspecified atom stereocenters. The van der Waals surface area contributed by atoms with E-state index in [1.807, 2.05) is 72.8 Å². The monoisotopic (exact) mass is 583 g/mol. The predicted octanol–water partition coefficient (Wildman–Crippen LogP) is 7.18. The van der Waals surface area contributed by atoms with Crippen LogP contribution in [0.3, 0.4) is 0 Å². The smallest absolute Gasteiger partial charge is 0.301 e. The van der Waals surface area contributed by atoms with Crippen molar-refractivity contribution in [2.24, 2.45) is 0 Å². The number of rotatable bonds is 3. The number of furan rings is 1. The van der Waals surface area contributed by atoms with Crippen molar-refractivity contribution in [3.63, 3.8) is 0 Å². The van der Waals surface area contributed by atoms with E-state index in [9.17, 15) is 9.59 Å². The van der Waals surface area contributed by atoms with E-state index in [0.717, 1.165) is 22.1 Å². The van der Waals surface area contributed by atoms with E-state index in [-0.39, 0.29) is 17.2 Å². The molecule has 4 aromatic heterocycles. The Hall–Kier alpha value is -6.41. The summed E-state index contributed by atoms with van der Waals surface area (Å²) < 4.78 is 9.23. The number of hydrogen-bond acceptors (Lipinski definition) is 6. The number of aromatic nitrogens is 5. The van der Waals surface area contributed by atoms with Crippen LogP contribution in [0.5, 0.6) is 0 Å². The van der Waals surface area contributed by atoms with Gasteiger partial charge in [0, 0.05) is 10.9 Å². The van der Waals surface area contributed by atoms with Gasteiger partial charge >= 0.3 is 5.56 Å². The zero-order valence-corrected chi connectivity index (χ0v) is 23.6. The van der Waals surface area contributed by atoms with Gasteiger partial charge in [-0.25, -0.2) is 19.5 Å². The number of hydrogen-bond donors (Lipinski definition) is 0. The van der Waals surface area contributed by atoms with Crippen LogP contribution in [0.2, 0.25) is 0 Å². The average molecular weight is 584 g/mol. The van der Waals surface area contributed by atoms with Gasteiger partial charge in [0.1, 0.15) is 16.8 Å². The quantitative estimate of drug-likeness (QED) is 0.162. The maximum Gasteiger partial charge on any atom is 0.301 e. The molecule has 45 heavy (non-hydrogen) atoms. The normalized spacial score (nSPS) is 11.7. The first kappa shape index (κ1) is 25.1. The van der Waals surface area contributed by atoms with E-state index in [1.165, 1.54) is 8.97 Å². The molecule has 0 atom stereocenters. The van der Waals surface area contributed by atoms with Crippen LogP contribution in [0.15, 0.2) is 141 Å². The third kappa shape index (κ3) is 3.76. The average Bonchev–Trinajstić information content (AvgIpc) is 3.47. The molecule has 0 amide bonds. The molecule has 4 heterocycles. The van der Waals surface area contributed by atoms with Crippen LogP contribution in [0.25, 0.3) is 78.0 Å². The summed E-state index contributed by atoms with van der Waals surface area (Å²) >= 11 is 0. The van der Waals surface area contributed by atoms with Gasteiger partial charge in [0.2, 0.25) is 11.6 Å². The van der Waals surface area contributed by atoms with Gasteiger partial charge in [0.25, 0.3) is 5.56 Å². The SMILES string of the molecule is O=c1c2nc3ccccc3c(=O)n2c2ccccc2n1-c1nc(-c2ccccc2)c2oc3ccc(-c4ccccc4)cc3c2n1. The fraction of sp³-hybridized carbons (Fsp3) is 0. The lowest BCUT2D eigenvalue weighted by molar-refractivity contribution is 0.666. The summed E-state index contributed by atoms with van der Waals surface area (Å²) in [5.41, 5.74) is 5.79. The fourth-order valence-corrected chi connectivity index (χ4v) is 6.08. The van der Waals surface area contributed by atoms with Crippen LogP contribution in [0, 0.1) is 0 Å². The lowest BCUT2D eigenvalue weighted by atomic mass is 10.0. The summed E-state index contributed by atoms with van der Waals surface area (Å²) in [6.45, 7) is 0. The second-order valence-electron chi connectivity index (χ2n) is 10.8. The highest BCUT2D eigenvalue weighted by molar-refractivity contribution is 6.08. The molecule has 0 fully saturated rings. The summed E-state index contributed by atoms with van der Waals surface area (Å²) in [5.74, 6) is 0.153. The Kier molecular flexibility index (Phi) is 5.33. The Balaban J connectivity index is 1.43. The highest BCUT2D eigenvalue weighted by atomic mass is 16.3. The minimum Gasteiger partial charge on any atom is -0.452 e. The summed E-state index contributed by atoms with van der Waals surface area (Å²) in [4.78, 5) is 42.7. The molecule has 0 aliphatic carbocycles. The maximum absolute atomic E-state index is 14.4. The number of para-hydroxylation sites is 3. The third-order valence-electron chi connectivity index (χ3n) is 8.19. The highest BCUT2D eigenvalue weighted by Crippen LogP contribution is 2.36. The molecule has 9 aromatic rings. The van der Waals surface area contributed by atoms with Gasteiger partial charge in [-0.1, -0.05) is 91.0 Å². The van der Waals surface area contributed by atoms with Gasteiger partial charge in [-0.3, -0.25) is 14.0 Å². The summed E-state index contributed by atoms with van der Waals surface area (Å²) in [5, 5.41) is 1.23. The Bertz CT molecular complexity index is 2750. The standard InChI is InChI=1S/C37H21N5O3/c43-35-25-15-7-8-16-27(25)38-34-36(44)42(29-18-10-9-17-28(29)41(34)35)37-39-31(23-13-5-2-6-14-23)33-32(40-37)26-21-24(19-20-30(26)45-33)22-11-3-1-4-12-22/h1-21H. The topological polar surface area (TPSA) is 95.3 Å². The van der Waals surface area contributed by atoms with Crippen molar-refractivity contribution in [2.45, 2.75) is 0 Å². The van der Waals surface area contributed by atoms with Crippen molar-refractivity contribution in [1.82, 2.24) is 23.9 Å². The molecular weight excluding hydrogens is 562 g/mol. The van der Waals surface area contributed by atoms with Crippen LogP contribution in [0.1, 0.15) is 0 Å². The number of nitrogens with zero attached hydrogens (tertiary/aromatic N) is 5. The van der Waals surface area contributed by atoms with Gasteiger partial charge < -0.3 is 4.42 Å². The van der Waals surface area contributed by atoms with Crippen molar-refractivity contribution in [3.8, 4) is 28.3 Å². The van der Waals surface area contributed by atoms with Gasteiger partial charge in [-0.05, 0) is 47.5 Å². The van der Waals surface area contributed by atoms with Gasteiger partial charge in [-0.2, -0.15) is 0 Å². The molecule has 8 nitrogen and oxygen atoms in total. The van der Waals surface area contributed by atoms with Crippen LogP contribution >= 0.6 is 0 Å². The molecule has 0 radical (unpaired) electrons. The molecule has 0 aliphatic rings. The van der Waals surface area contributed by atoms with E-state index in [4.69, 9.17) is 14.4 Å². The fourth-order valence-electron chi connectivity index (χ4n) is 6.08. The molecule has 212 valence electrons. The molecule has 5 aromatic carbocycles. The highest BCUT2D eigenvalue weighted by Gasteiger charge is 2.22. The van der Waals surface area contributed by atoms with Crippen LogP contribution in [-0.4, -0.2) is 23.9 Å². The Labute approximate surface area is 254 Å². The van der Waals surface area contributed by atoms with Crippen molar-refractivity contribution in [2.75, 3.05) is 0 Å². The van der Waals surface area contributed by atoms with Crippen molar-refractivity contribution < 1.29 is 4.42 Å². The third-order valence-corrected chi connectivity index (χ3v) is 8.19. The van der Waals surface area contributed by atoms with E-state index < -0.39 is 5.56 Å². The molecule has 0 aliphatic heterocycles. The zero-order valence-electron chi connectivity index (χ0n) is 23.6. The van der Waals surface area contributed by atoms with Crippen LogP contribution < -0.4 is 11.1 Å². The van der Waals surface area contributed by atoms with Crippen LogP contribution in [0.4, 0.5) is 0 Å². The van der Waals surface area contributed by atoms with Gasteiger partial charge in [0.05, 0.1) is 21.9 Å². The lowest BCUT2D eigenvalue weighted by Crippen LogP contribution is -2.29. The van der Waals surface area contributed by atoms with E-state index in [0.29, 0.717) is 44.3 Å². The largest absolute Gasteiger partial charge is 0.452 e. The van der Waals surface area contributed by atoms with Crippen molar-refractivity contribution in [1.29, 1.82) is 0 Å². The molecule has 8 heteroatoms. The Morgan fingerprint density at radius 3 is 2.04 bits per heavy atom. The van der Waals surface area contributed by atoms with E-state index in [1.54, 1.807) is 36.4 Å². The Morgan fingerprint density at radius 1 is 0.556 bits per heavy atom. The lowest BCUT2D eigenvalue weighted by Gasteiger charge is -2.14. The van der Waals surface area contributed by atoms with Gasteiger partial charge in [0.15, 0.2) is 5.58 Å². The van der Waals surface area contributed by atoms with Gasteiger partial charge in [-0.15, -0.1) is 0 Å². The van der Waals surface area contributed by atoms with E-state index in [2.05, 4.69) is 23.2 Å². The van der Waals surface area contributed by atoms with Crippen LogP contribution in [-0.2, 0) is 0 Å². The first-order valence-corrected chi connectivity index (χ1v) is 14.5. The molecule has 0 saturated heterocycles. The number of fused-ring (bicyclic) bond motifs is 7. The zero-order chi connectivity index (χ0) is 30.1. The molecule has 0 bridgehead atoms. The van der Waals surface area contributed by atoms with E-state index >= 15 is 0 Å². The molecule has 0 spiro atoms.